The molecule has 0 aromatic heterocycles. The zero-order valence-corrected chi connectivity index (χ0v) is 9.54. The number of esters is 1. The average molecular weight is 228 g/mol. The number of halogens is 1. The van der Waals surface area contributed by atoms with Crippen LogP contribution in [0, 0.1) is 0 Å². The van der Waals surface area contributed by atoms with Crippen molar-refractivity contribution in [3.8, 4) is 0 Å². The maximum atomic E-state index is 11.6. The van der Waals surface area contributed by atoms with Gasteiger partial charge in [0.1, 0.15) is 0 Å². The molecule has 0 heterocycles. The van der Waals surface area contributed by atoms with Crippen LogP contribution < -0.4 is 5.73 Å². The molecule has 0 amide bonds. The molecule has 0 bridgehead atoms. The molecule has 1 aromatic carbocycles. The lowest BCUT2D eigenvalue weighted by Crippen LogP contribution is -2.15. The second kappa shape index (κ2) is 5.03. The first-order valence-corrected chi connectivity index (χ1v) is 5.18. The van der Waals surface area contributed by atoms with Crippen LogP contribution in [0.3, 0.4) is 0 Å². The molecule has 0 radical (unpaired) electrons. The van der Waals surface area contributed by atoms with E-state index in [2.05, 4.69) is 0 Å². The third-order valence-corrected chi connectivity index (χ3v) is 2.35. The van der Waals surface area contributed by atoms with Crippen LogP contribution >= 0.6 is 11.6 Å². The largest absolute Gasteiger partial charge is 0.459 e. The van der Waals surface area contributed by atoms with Crippen molar-refractivity contribution in [3.63, 3.8) is 0 Å². The van der Waals surface area contributed by atoms with E-state index in [1.807, 2.05) is 13.8 Å². The van der Waals surface area contributed by atoms with E-state index in [9.17, 15) is 4.79 Å². The normalized spacial score (nSPS) is 12.2. The first-order valence-electron chi connectivity index (χ1n) is 4.80. The summed E-state index contributed by atoms with van der Waals surface area (Å²) in [6, 6.07) is 4.72. The lowest BCUT2D eigenvalue weighted by molar-refractivity contribution is 0.0336. The molecule has 1 aromatic rings. The van der Waals surface area contributed by atoms with Crippen molar-refractivity contribution in [3.05, 3.63) is 28.8 Å². The summed E-state index contributed by atoms with van der Waals surface area (Å²) in [7, 11) is 0. The summed E-state index contributed by atoms with van der Waals surface area (Å²) in [6.07, 6.45) is 0.673. The van der Waals surface area contributed by atoms with Gasteiger partial charge in [-0.25, -0.2) is 4.79 Å². The molecule has 0 unspecified atom stereocenters. The fourth-order valence-corrected chi connectivity index (χ4v) is 1.23. The Morgan fingerprint density at radius 3 is 2.80 bits per heavy atom. The number of nitrogens with two attached hydrogens (primary N) is 1. The highest BCUT2D eigenvalue weighted by atomic mass is 35.5. The van der Waals surface area contributed by atoms with Gasteiger partial charge >= 0.3 is 5.97 Å². The Bertz CT molecular complexity index is 366. The Hall–Kier alpha value is -1.22. The van der Waals surface area contributed by atoms with Gasteiger partial charge in [-0.2, -0.15) is 0 Å². The quantitative estimate of drug-likeness (QED) is 0.638. The van der Waals surface area contributed by atoms with Crippen LogP contribution in [0.5, 0.6) is 0 Å². The number of anilines is 1. The summed E-state index contributed by atoms with van der Waals surface area (Å²) in [4.78, 5) is 11.6. The highest BCUT2D eigenvalue weighted by Gasteiger charge is 2.13. The lowest BCUT2D eigenvalue weighted by Gasteiger charge is -2.11. The maximum absolute atomic E-state index is 11.6. The van der Waals surface area contributed by atoms with E-state index in [4.69, 9.17) is 22.1 Å². The van der Waals surface area contributed by atoms with Crippen LogP contribution in [0.15, 0.2) is 18.2 Å². The summed E-state index contributed by atoms with van der Waals surface area (Å²) in [5, 5.41) is 0.507. The molecule has 1 atom stereocenters. The standard InChI is InChI=1S/C11H14ClNO2/c1-3-7(2)15-11(14)9-5-4-8(12)6-10(9)13/h4-7H,3,13H2,1-2H3/t7-/m0/s1. The van der Waals surface area contributed by atoms with Crippen molar-refractivity contribution >= 4 is 23.3 Å². The van der Waals surface area contributed by atoms with Gasteiger partial charge in [-0.15, -0.1) is 0 Å². The van der Waals surface area contributed by atoms with E-state index in [1.54, 1.807) is 12.1 Å². The molecule has 82 valence electrons. The van der Waals surface area contributed by atoms with E-state index in [-0.39, 0.29) is 6.10 Å². The minimum atomic E-state index is -0.404. The number of hydrogen-bond acceptors (Lipinski definition) is 3. The lowest BCUT2D eigenvalue weighted by atomic mass is 10.2. The molecule has 3 nitrogen and oxygen atoms in total. The number of benzene rings is 1. The van der Waals surface area contributed by atoms with Gasteiger partial charge in [-0.3, -0.25) is 0 Å². The first-order chi connectivity index (χ1) is 7.04. The van der Waals surface area contributed by atoms with Gasteiger partial charge in [-0.1, -0.05) is 18.5 Å². The van der Waals surface area contributed by atoms with Crippen molar-refractivity contribution in [2.45, 2.75) is 26.4 Å². The molecule has 15 heavy (non-hydrogen) atoms. The van der Waals surface area contributed by atoms with Crippen molar-refractivity contribution in [2.75, 3.05) is 5.73 Å². The highest BCUT2D eigenvalue weighted by molar-refractivity contribution is 6.31. The number of hydrogen-bond donors (Lipinski definition) is 1. The number of nitrogen functional groups attached to an aromatic ring is 1. The van der Waals surface area contributed by atoms with E-state index in [1.165, 1.54) is 6.07 Å². The zero-order chi connectivity index (χ0) is 11.4. The van der Waals surface area contributed by atoms with Crippen LogP contribution in [0.4, 0.5) is 5.69 Å². The monoisotopic (exact) mass is 227 g/mol. The number of carbonyl (C=O) groups excluding carboxylic acids is 1. The van der Waals surface area contributed by atoms with Crippen molar-refractivity contribution in [1.82, 2.24) is 0 Å². The number of rotatable bonds is 3. The molecule has 2 N–H and O–H groups in total. The second-order valence-corrected chi connectivity index (χ2v) is 3.79. The van der Waals surface area contributed by atoms with Crippen molar-refractivity contribution in [2.24, 2.45) is 0 Å². The first kappa shape index (κ1) is 11.9. The van der Waals surface area contributed by atoms with Gasteiger partial charge in [-0.05, 0) is 31.5 Å². The van der Waals surface area contributed by atoms with Gasteiger partial charge < -0.3 is 10.5 Å². The predicted octanol–water partition coefficient (Wildman–Crippen LogP) is 2.88. The summed E-state index contributed by atoms with van der Waals surface area (Å²) in [6.45, 7) is 3.78. The van der Waals surface area contributed by atoms with Gasteiger partial charge in [0.2, 0.25) is 0 Å². The highest BCUT2D eigenvalue weighted by Crippen LogP contribution is 2.19. The summed E-state index contributed by atoms with van der Waals surface area (Å²) in [5.41, 5.74) is 6.36. The molecule has 0 aliphatic rings. The van der Waals surface area contributed by atoms with Crippen LogP contribution in [0.25, 0.3) is 0 Å². The van der Waals surface area contributed by atoms with Crippen LogP contribution in [-0.2, 0) is 4.74 Å². The van der Waals surface area contributed by atoms with E-state index < -0.39 is 5.97 Å². The van der Waals surface area contributed by atoms with Crippen LogP contribution in [0.1, 0.15) is 30.6 Å². The molecule has 1 rings (SSSR count). The Labute approximate surface area is 94.2 Å². The minimum absolute atomic E-state index is 0.104. The second-order valence-electron chi connectivity index (χ2n) is 3.36. The Morgan fingerprint density at radius 1 is 1.60 bits per heavy atom. The number of carbonyl (C=O) groups is 1. The van der Waals surface area contributed by atoms with Crippen molar-refractivity contribution in [1.29, 1.82) is 0 Å². The zero-order valence-electron chi connectivity index (χ0n) is 8.79. The molecule has 0 saturated carbocycles. The summed E-state index contributed by atoms with van der Waals surface area (Å²) >= 11 is 5.72. The molecule has 0 spiro atoms. The maximum Gasteiger partial charge on any atom is 0.340 e. The predicted molar refractivity (Wildman–Crippen MR) is 61.0 cm³/mol. The van der Waals surface area contributed by atoms with Gasteiger partial charge in [0.05, 0.1) is 11.7 Å². The van der Waals surface area contributed by atoms with Crippen LogP contribution in [0.2, 0.25) is 5.02 Å². The van der Waals surface area contributed by atoms with Gasteiger partial charge in [0, 0.05) is 10.7 Å². The summed E-state index contributed by atoms with van der Waals surface area (Å²) < 4.78 is 5.14. The average Bonchev–Trinajstić information content (AvgIpc) is 2.17. The van der Waals surface area contributed by atoms with Gasteiger partial charge in [0.25, 0.3) is 0 Å². The molecule has 0 aliphatic carbocycles. The summed E-state index contributed by atoms with van der Waals surface area (Å²) in [5.74, 6) is -0.404. The Kier molecular flexibility index (Phi) is 3.97. The van der Waals surface area contributed by atoms with E-state index in [0.29, 0.717) is 16.3 Å². The minimum Gasteiger partial charge on any atom is -0.459 e. The topological polar surface area (TPSA) is 52.3 Å². The SMILES string of the molecule is CC[C@H](C)OC(=O)c1ccc(Cl)cc1N. The van der Waals surface area contributed by atoms with E-state index in [0.717, 1.165) is 6.42 Å². The van der Waals surface area contributed by atoms with E-state index >= 15 is 0 Å². The molecule has 0 saturated heterocycles. The molecular weight excluding hydrogens is 214 g/mol. The molecule has 0 fully saturated rings. The molecule has 4 heteroatoms. The fourth-order valence-electron chi connectivity index (χ4n) is 1.05. The molecule has 0 aliphatic heterocycles. The van der Waals surface area contributed by atoms with Crippen molar-refractivity contribution < 1.29 is 9.53 Å². The smallest absolute Gasteiger partial charge is 0.340 e. The fraction of sp³-hybridized carbons (Fsp3) is 0.364. The third-order valence-electron chi connectivity index (χ3n) is 2.12. The number of ether oxygens (including phenoxy) is 1. The molecular formula is C11H14ClNO2. The Morgan fingerprint density at radius 2 is 2.27 bits per heavy atom. The van der Waals surface area contributed by atoms with Crippen LogP contribution in [-0.4, -0.2) is 12.1 Å². The third kappa shape index (κ3) is 3.13. The van der Waals surface area contributed by atoms with Gasteiger partial charge in [0.15, 0.2) is 0 Å². The Balaban J connectivity index is 2.82.